The number of hydrogen-bond acceptors (Lipinski definition) is 2. The Labute approximate surface area is 112 Å². The zero-order valence-corrected chi connectivity index (χ0v) is 10.7. The second kappa shape index (κ2) is 4.76. The van der Waals surface area contributed by atoms with Crippen LogP contribution in [0.5, 0.6) is 0 Å². The minimum Gasteiger partial charge on any atom is -0.399 e. The van der Waals surface area contributed by atoms with Crippen LogP contribution in [-0.4, -0.2) is 12.5 Å². The Morgan fingerprint density at radius 1 is 1.11 bits per heavy atom. The summed E-state index contributed by atoms with van der Waals surface area (Å²) in [5.41, 5.74) is 9.42. The predicted molar refractivity (Wildman–Crippen MR) is 77.3 cm³/mol. The quantitative estimate of drug-likeness (QED) is 0.793. The van der Waals surface area contributed by atoms with Gasteiger partial charge in [-0.25, -0.2) is 0 Å². The molecule has 19 heavy (non-hydrogen) atoms. The van der Waals surface area contributed by atoms with Gasteiger partial charge in [-0.15, -0.1) is 0 Å². The van der Waals surface area contributed by atoms with Gasteiger partial charge in [-0.3, -0.25) is 4.79 Å². The Morgan fingerprint density at radius 3 is 2.68 bits per heavy atom. The molecule has 2 aromatic carbocycles. The van der Waals surface area contributed by atoms with E-state index in [2.05, 4.69) is 0 Å². The first-order chi connectivity index (χ1) is 9.25. The standard InChI is InChI=1S/C16H16N2O/c17-14-9-8-12-7-4-10-18(15(12)11-14)16(19)13-5-2-1-3-6-13/h1-3,5-6,8-9,11H,4,7,10,17H2. The molecular weight excluding hydrogens is 236 g/mol. The molecule has 3 rings (SSSR count). The number of rotatable bonds is 1. The number of carbonyl (C=O) groups is 1. The van der Waals surface area contributed by atoms with Gasteiger partial charge in [0.2, 0.25) is 0 Å². The van der Waals surface area contributed by atoms with E-state index in [0.717, 1.165) is 30.6 Å². The summed E-state index contributed by atoms with van der Waals surface area (Å²) in [6.45, 7) is 0.754. The molecule has 1 heterocycles. The van der Waals surface area contributed by atoms with Crippen LogP contribution in [-0.2, 0) is 6.42 Å². The summed E-state index contributed by atoms with van der Waals surface area (Å²) in [5, 5.41) is 0. The number of amides is 1. The summed E-state index contributed by atoms with van der Waals surface area (Å²) in [6, 6.07) is 15.2. The number of nitrogen functional groups attached to an aromatic ring is 1. The van der Waals surface area contributed by atoms with Crippen molar-refractivity contribution in [2.45, 2.75) is 12.8 Å². The second-order valence-corrected chi connectivity index (χ2v) is 4.81. The lowest BCUT2D eigenvalue weighted by molar-refractivity contribution is 0.0985. The summed E-state index contributed by atoms with van der Waals surface area (Å²) in [5.74, 6) is 0.0483. The summed E-state index contributed by atoms with van der Waals surface area (Å²) in [7, 11) is 0. The van der Waals surface area contributed by atoms with Gasteiger partial charge in [-0.1, -0.05) is 24.3 Å². The third-order valence-corrected chi connectivity index (χ3v) is 3.49. The topological polar surface area (TPSA) is 46.3 Å². The first kappa shape index (κ1) is 11.8. The van der Waals surface area contributed by atoms with Crippen LogP contribution in [0.25, 0.3) is 0 Å². The Balaban J connectivity index is 2.00. The number of aryl methyl sites for hydroxylation is 1. The van der Waals surface area contributed by atoms with Crippen molar-refractivity contribution in [1.82, 2.24) is 0 Å². The van der Waals surface area contributed by atoms with Gasteiger partial charge in [-0.05, 0) is 42.7 Å². The first-order valence-electron chi connectivity index (χ1n) is 6.51. The van der Waals surface area contributed by atoms with Crippen LogP contribution in [0.4, 0.5) is 11.4 Å². The fraction of sp³-hybridized carbons (Fsp3) is 0.188. The average Bonchev–Trinajstić information content (AvgIpc) is 2.47. The maximum absolute atomic E-state index is 12.6. The molecule has 0 spiro atoms. The number of hydrogen-bond donors (Lipinski definition) is 1. The van der Waals surface area contributed by atoms with E-state index in [1.165, 1.54) is 5.56 Å². The minimum atomic E-state index is 0.0483. The monoisotopic (exact) mass is 252 g/mol. The van der Waals surface area contributed by atoms with Crippen molar-refractivity contribution in [2.24, 2.45) is 0 Å². The van der Waals surface area contributed by atoms with Gasteiger partial charge < -0.3 is 10.6 Å². The molecule has 2 aromatic rings. The molecule has 1 amide bonds. The fourth-order valence-corrected chi connectivity index (χ4v) is 2.54. The molecule has 1 aliphatic rings. The summed E-state index contributed by atoms with van der Waals surface area (Å²) >= 11 is 0. The summed E-state index contributed by atoms with van der Waals surface area (Å²) in [6.07, 6.45) is 2.00. The molecule has 0 fully saturated rings. The van der Waals surface area contributed by atoms with Crippen molar-refractivity contribution < 1.29 is 4.79 Å². The third kappa shape index (κ3) is 2.19. The van der Waals surface area contributed by atoms with E-state index in [9.17, 15) is 4.79 Å². The number of anilines is 2. The van der Waals surface area contributed by atoms with Gasteiger partial charge in [0.15, 0.2) is 0 Å². The fourth-order valence-electron chi connectivity index (χ4n) is 2.54. The smallest absolute Gasteiger partial charge is 0.258 e. The Bertz CT molecular complexity index is 607. The molecule has 0 bridgehead atoms. The van der Waals surface area contributed by atoms with Crippen LogP contribution in [0.2, 0.25) is 0 Å². The van der Waals surface area contributed by atoms with Crippen LogP contribution in [0, 0.1) is 0 Å². The van der Waals surface area contributed by atoms with Gasteiger partial charge in [0.25, 0.3) is 5.91 Å². The highest BCUT2D eigenvalue weighted by atomic mass is 16.2. The lowest BCUT2D eigenvalue weighted by atomic mass is 10.00. The maximum Gasteiger partial charge on any atom is 0.258 e. The number of nitrogens with zero attached hydrogens (tertiary/aromatic N) is 1. The van der Waals surface area contributed by atoms with Gasteiger partial charge >= 0.3 is 0 Å². The van der Waals surface area contributed by atoms with Crippen molar-refractivity contribution in [3.8, 4) is 0 Å². The van der Waals surface area contributed by atoms with Gasteiger partial charge in [0, 0.05) is 23.5 Å². The summed E-state index contributed by atoms with van der Waals surface area (Å²) < 4.78 is 0. The van der Waals surface area contributed by atoms with Gasteiger partial charge in [-0.2, -0.15) is 0 Å². The van der Waals surface area contributed by atoms with Crippen molar-refractivity contribution in [3.05, 3.63) is 59.7 Å². The van der Waals surface area contributed by atoms with E-state index >= 15 is 0 Å². The van der Waals surface area contributed by atoms with Crippen molar-refractivity contribution in [1.29, 1.82) is 0 Å². The van der Waals surface area contributed by atoms with E-state index in [-0.39, 0.29) is 5.91 Å². The molecule has 0 saturated carbocycles. The van der Waals surface area contributed by atoms with Crippen LogP contribution < -0.4 is 10.6 Å². The third-order valence-electron chi connectivity index (χ3n) is 3.49. The molecule has 0 unspecified atom stereocenters. The second-order valence-electron chi connectivity index (χ2n) is 4.81. The average molecular weight is 252 g/mol. The van der Waals surface area contributed by atoms with Crippen molar-refractivity contribution in [2.75, 3.05) is 17.2 Å². The molecule has 3 nitrogen and oxygen atoms in total. The molecule has 0 atom stereocenters. The van der Waals surface area contributed by atoms with Crippen molar-refractivity contribution in [3.63, 3.8) is 0 Å². The lowest BCUT2D eigenvalue weighted by Crippen LogP contribution is -2.35. The molecule has 0 aromatic heterocycles. The first-order valence-corrected chi connectivity index (χ1v) is 6.51. The van der Waals surface area contributed by atoms with E-state index in [1.807, 2.05) is 53.4 Å². The zero-order chi connectivity index (χ0) is 13.2. The molecule has 0 saturated heterocycles. The molecule has 2 N–H and O–H groups in total. The Morgan fingerprint density at radius 2 is 1.89 bits per heavy atom. The molecule has 0 radical (unpaired) electrons. The number of carbonyl (C=O) groups excluding carboxylic acids is 1. The van der Waals surface area contributed by atoms with Gasteiger partial charge in [0.05, 0.1) is 0 Å². The molecule has 3 heteroatoms. The predicted octanol–water partition coefficient (Wildman–Crippen LogP) is 2.86. The van der Waals surface area contributed by atoms with E-state index in [1.54, 1.807) is 0 Å². The summed E-state index contributed by atoms with van der Waals surface area (Å²) in [4.78, 5) is 14.4. The highest BCUT2D eigenvalue weighted by Gasteiger charge is 2.23. The van der Waals surface area contributed by atoms with Crippen LogP contribution >= 0.6 is 0 Å². The molecule has 1 aliphatic heterocycles. The van der Waals surface area contributed by atoms with Crippen LogP contribution in [0.15, 0.2) is 48.5 Å². The van der Waals surface area contributed by atoms with Gasteiger partial charge in [0.1, 0.15) is 0 Å². The Hall–Kier alpha value is -2.29. The van der Waals surface area contributed by atoms with E-state index < -0.39 is 0 Å². The highest BCUT2D eigenvalue weighted by molar-refractivity contribution is 6.06. The van der Waals surface area contributed by atoms with Crippen LogP contribution in [0.1, 0.15) is 22.3 Å². The van der Waals surface area contributed by atoms with E-state index in [0.29, 0.717) is 5.69 Å². The molecule has 96 valence electrons. The maximum atomic E-state index is 12.6. The number of benzene rings is 2. The zero-order valence-electron chi connectivity index (χ0n) is 10.7. The minimum absolute atomic E-state index is 0.0483. The highest BCUT2D eigenvalue weighted by Crippen LogP contribution is 2.30. The van der Waals surface area contributed by atoms with E-state index in [4.69, 9.17) is 5.73 Å². The molecular formula is C16H16N2O. The number of fused-ring (bicyclic) bond motifs is 1. The van der Waals surface area contributed by atoms with Crippen molar-refractivity contribution >= 4 is 17.3 Å². The Kier molecular flexibility index (Phi) is 2.95. The van der Waals surface area contributed by atoms with Crippen LogP contribution in [0.3, 0.4) is 0 Å². The lowest BCUT2D eigenvalue weighted by Gasteiger charge is -2.29. The molecule has 0 aliphatic carbocycles. The SMILES string of the molecule is Nc1ccc2c(c1)N(C(=O)c1ccccc1)CCC2. The number of nitrogens with two attached hydrogens (primary N) is 1. The normalized spacial score (nSPS) is 14.0. The largest absolute Gasteiger partial charge is 0.399 e.